The number of nitrogens with zero attached hydrogens (tertiary/aromatic N) is 3. The average Bonchev–Trinajstić information content (AvgIpc) is 3.45. The van der Waals surface area contributed by atoms with E-state index < -0.39 is 0 Å². The summed E-state index contributed by atoms with van der Waals surface area (Å²) in [6.45, 7) is 0. The molecule has 0 N–H and O–H groups in total. The van der Waals surface area contributed by atoms with Crippen molar-refractivity contribution in [1.29, 1.82) is 0 Å². The van der Waals surface area contributed by atoms with Crippen LogP contribution in [-0.4, -0.2) is 15.0 Å². The van der Waals surface area contributed by atoms with E-state index in [1.807, 2.05) is 42.1 Å². The Balaban J connectivity index is 1.27. The molecule has 0 spiro atoms. The van der Waals surface area contributed by atoms with Crippen LogP contribution in [0.25, 0.3) is 86.3 Å². The summed E-state index contributed by atoms with van der Waals surface area (Å²) in [6.07, 6.45) is 5.80. The minimum atomic E-state index is 0.924. The van der Waals surface area contributed by atoms with Crippen LogP contribution in [0.4, 0.5) is 0 Å². The SMILES string of the molecule is c1ccc2ncc(-c3ccc(-c4cnc5c(ccc6cccnc65)c4)c(-c4ccc5sc6ccccc6c5c4)c3)cc2c1. The van der Waals surface area contributed by atoms with Gasteiger partial charge in [0, 0.05) is 66.0 Å². The first-order valence-corrected chi connectivity index (χ1v) is 15.1. The Morgan fingerprint density at radius 1 is 0.419 bits per heavy atom. The van der Waals surface area contributed by atoms with E-state index in [2.05, 4.69) is 114 Å². The lowest BCUT2D eigenvalue weighted by molar-refractivity contribution is 1.37. The number of fused-ring (bicyclic) bond motifs is 7. The summed E-state index contributed by atoms with van der Waals surface area (Å²) in [5.74, 6) is 0. The number of aromatic nitrogens is 3. The van der Waals surface area contributed by atoms with Gasteiger partial charge in [-0.3, -0.25) is 15.0 Å². The lowest BCUT2D eigenvalue weighted by Crippen LogP contribution is -1.91. The Morgan fingerprint density at radius 3 is 2.19 bits per heavy atom. The van der Waals surface area contributed by atoms with Crippen LogP contribution in [0.5, 0.6) is 0 Å². The van der Waals surface area contributed by atoms with Crippen molar-refractivity contribution in [2.24, 2.45) is 0 Å². The number of pyridine rings is 3. The molecule has 9 rings (SSSR count). The second-order valence-corrected chi connectivity index (χ2v) is 12.0. The molecule has 3 nitrogen and oxygen atoms in total. The highest BCUT2D eigenvalue weighted by Crippen LogP contribution is 2.41. The summed E-state index contributed by atoms with van der Waals surface area (Å²) in [4.78, 5) is 14.3. The van der Waals surface area contributed by atoms with E-state index in [1.165, 1.54) is 31.3 Å². The molecule has 0 saturated heterocycles. The molecule has 0 radical (unpaired) electrons. The molecule has 200 valence electrons. The molecule has 0 aliphatic heterocycles. The van der Waals surface area contributed by atoms with Gasteiger partial charge in [0.05, 0.1) is 16.6 Å². The zero-order valence-corrected chi connectivity index (χ0v) is 23.8. The van der Waals surface area contributed by atoms with Gasteiger partial charge in [0.2, 0.25) is 0 Å². The normalized spacial score (nSPS) is 11.7. The molecule has 0 saturated carbocycles. The summed E-state index contributed by atoms with van der Waals surface area (Å²) in [5.41, 5.74) is 9.67. The van der Waals surface area contributed by atoms with Gasteiger partial charge in [-0.2, -0.15) is 0 Å². The quantitative estimate of drug-likeness (QED) is 0.200. The fourth-order valence-corrected chi connectivity index (χ4v) is 7.31. The van der Waals surface area contributed by atoms with Crippen LogP contribution in [0.1, 0.15) is 0 Å². The number of hydrogen-bond acceptors (Lipinski definition) is 4. The van der Waals surface area contributed by atoms with E-state index in [9.17, 15) is 0 Å². The fourth-order valence-electron chi connectivity index (χ4n) is 6.22. The zero-order chi connectivity index (χ0) is 28.3. The maximum Gasteiger partial charge on any atom is 0.0964 e. The van der Waals surface area contributed by atoms with Gasteiger partial charge in [0.25, 0.3) is 0 Å². The lowest BCUT2D eigenvalue weighted by atomic mass is 9.90. The molecule has 0 aliphatic carbocycles. The maximum absolute atomic E-state index is 4.95. The van der Waals surface area contributed by atoms with E-state index in [-0.39, 0.29) is 0 Å². The summed E-state index contributed by atoms with van der Waals surface area (Å²) in [5, 5.41) is 5.90. The third-order valence-corrected chi connectivity index (χ3v) is 9.52. The van der Waals surface area contributed by atoms with E-state index >= 15 is 0 Å². The first-order chi connectivity index (χ1) is 21.3. The van der Waals surface area contributed by atoms with Gasteiger partial charge in [-0.25, -0.2) is 0 Å². The molecule has 43 heavy (non-hydrogen) atoms. The molecule has 0 amide bonds. The third-order valence-electron chi connectivity index (χ3n) is 8.36. The van der Waals surface area contributed by atoms with Crippen LogP contribution in [0, 0.1) is 0 Å². The van der Waals surface area contributed by atoms with Gasteiger partial charge >= 0.3 is 0 Å². The van der Waals surface area contributed by atoms with Gasteiger partial charge in [0.15, 0.2) is 0 Å². The molecule has 0 bridgehead atoms. The number of para-hydroxylation sites is 1. The highest BCUT2D eigenvalue weighted by atomic mass is 32.1. The molecule has 5 aromatic carbocycles. The van der Waals surface area contributed by atoms with Crippen molar-refractivity contribution >= 4 is 64.2 Å². The van der Waals surface area contributed by atoms with Crippen LogP contribution in [-0.2, 0) is 0 Å². The van der Waals surface area contributed by atoms with Crippen molar-refractivity contribution < 1.29 is 0 Å². The van der Waals surface area contributed by atoms with Crippen molar-refractivity contribution in [2.45, 2.75) is 0 Å². The molecule has 4 heterocycles. The summed E-state index contributed by atoms with van der Waals surface area (Å²) < 4.78 is 2.61. The molecule has 0 atom stereocenters. The minimum Gasteiger partial charge on any atom is -0.256 e. The van der Waals surface area contributed by atoms with Crippen molar-refractivity contribution in [2.75, 3.05) is 0 Å². The molecular weight excluding hydrogens is 543 g/mol. The largest absolute Gasteiger partial charge is 0.256 e. The van der Waals surface area contributed by atoms with Crippen molar-refractivity contribution in [3.63, 3.8) is 0 Å². The highest BCUT2D eigenvalue weighted by molar-refractivity contribution is 7.25. The van der Waals surface area contributed by atoms with Crippen LogP contribution in [0.2, 0.25) is 0 Å². The van der Waals surface area contributed by atoms with Gasteiger partial charge in [-0.05, 0) is 70.8 Å². The number of rotatable bonds is 3. The smallest absolute Gasteiger partial charge is 0.0964 e. The third kappa shape index (κ3) is 3.99. The molecule has 0 unspecified atom stereocenters. The van der Waals surface area contributed by atoms with Crippen LogP contribution >= 0.6 is 11.3 Å². The first kappa shape index (κ1) is 24.2. The minimum absolute atomic E-state index is 0.924. The number of thiophene rings is 1. The topological polar surface area (TPSA) is 38.7 Å². The number of benzene rings is 5. The Bertz CT molecular complexity index is 2530. The summed E-state index contributed by atoms with van der Waals surface area (Å²) >= 11 is 1.85. The van der Waals surface area contributed by atoms with Gasteiger partial charge < -0.3 is 0 Å². The lowest BCUT2D eigenvalue weighted by Gasteiger charge is -2.14. The predicted octanol–water partition coefficient (Wildman–Crippen LogP) is 10.7. The summed E-state index contributed by atoms with van der Waals surface area (Å²) in [6, 6.07) is 43.3. The monoisotopic (exact) mass is 565 g/mol. The van der Waals surface area contributed by atoms with Gasteiger partial charge in [-0.1, -0.05) is 72.8 Å². The van der Waals surface area contributed by atoms with Crippen molar-refractivity contribution in [3.8, 4) is 33.4 Å². The van der Waals surface area contributed by atoms with E-state index in [1.54, 1.807) is 0 Å². The van der Waals surface area contributed by atoms with Crippen molar-refractivity contribution in [3.05, 3.63) is 140 Å². The Labute approximate surface area is 251 Å². The second-order valence-electron chi connectivity index (χ2n) is 10.9. The zero-order valence-electron chi connectivity index (χ0n) is 23.0. The first-order valence-electron chi connectivity index (χ1n) is 14.3. The second kappa shape index (κ2) is 9.55. The predicted molar refractivity (Wildman–Crippen MR) is 182 cm³/mol. The Kier molecular flexibility index (Phi) is 5.37. The molecule has 4 aromatic heterocycles. The number of hydrogen-bond donors (Lipinski definition) is 0. The van der Waals surface area contributed by atoms with Crippen LogP contribution < -0.4 is 0 Å². The average molecular weight is 566 g/mol. The Morgan fingerprint density at radius 2 is 1.19 bits per heavy atom. The molecular formula is C39H23N3S. The van der Waals surface area contributed by atoms with E-state index in [0.717, 1.165) is 55.0 Å². The standard InChI is InChI=1S/C39H23N3S/c1-3-9-35-27(6-1)18-29(22-41-35)25-13-15-31(30-19-28-12-11-24-7-5-17-40-38(24)39(28)42-23-30)33(20-25)26-14-16-37-34(21-26)32-8-2-4-10-36(32)43-37/h1-23H. The van der Waals surface area contributed by atoms with Gasteiger partial charge in [0.1, 0.15) is 0 Å². The molecule has 0 aliphatic rings. The van der Waals surface area contributed by atoms with Crippen LogP contribution in [0.3, 0.4) is 0 Å². The molecule has 9 aromatic rings. The van der Waals surface area contributed by atoms with E-state index in [0.29, 0.717) is 0 Å². The van der Waals surface area contributed by atoms with Crippen molar-refractivity contribution in [1.82, 2.24) is 15.0 Å². The van der Waals surface area contributed by atoms with Gasteiger partial charge in [-0.15, -0.1) is 11.3 Å². The van der Waals surface area contributed by atoms with Crippen LogP contribution in [0.15, 0.2) is 140 Å². The fraction of sp³-hybridized carbons (Fsp3) is 0. The van der Waals surface area contributed by atoms with E-state index in [4.69, 9.17) is 9.97 Å². The highest BCUT2D eigenvalue weighted by Gasteiger charge is 2.15. The molecule has 4 heteroatoms. The summed E-state index contributed by atoms with van der Waals surface area (Å²) in [7, 11) is 0. The Hall–Kier alpha value is -5.45. The maximum atomic E-state index is 4.95. The molecule has 0 fully saturated rings.